The lowest BCUT2D eigenvalue weighted by Gasteiger charge is -2.16. The minimum Gasteiger partial charge on any atom is -0.490 e. The molecule has 0 aromatic heterocycles. The molecule has 1 fully saturated rings. The second kappa shape index (κ2) is 6.16. The van der Waals surface area contributed by atoms with Crippen molar-refractivity contribution in [3.05, 3.63) is 29.8 Å². The van der Waals surface area contributed by atoms with E-state index in [-0.39, 0.29) is 0 Å². The number of aliphatic imine (C=N–C) groups is 1. The first kappa shape index (κ1) is 13.3. The summed E-state index contributed by atoms with van der Waals surface area (Å²) < 4.78 is 5.97. The summed E-state index contributed by atoms with van der Waals surface area (Å²) >= 11 is 0. The normalized spacial score (nSPS) is 19.2. The van der Waals surface area contributed by atoms with Gasteiger partial charge in [-0.25, -0.2) is 0 Å². The third-order valence-electron chi connectivity index (χ3n) is 4.04. The molecule has 4 nitrogen and oxygen atoms in total. The Hall–Kier alpha value is -1.71. The van der Waals surface area contributed by atoms with Crippen LogP contribution in [0.25, 0.3) is 0 Å². The van der Waals surface area contributed by atoms with Crippen molar-refractivity contribution in [1.29, 1.82) is 0 Å². The van der Waals surface area contributed by atoms with Crippen LogP contribution in [0.2, 0.25) is 0 Å². The predicted octanol–water partition coefficient (Wildman–Crippen LogP) is 2.40. The lowest BCUT2D eigenvalue weighted by Crippen LogP contribution is -2.35. The van der Waals surface area contributed by atoms with Gasteiger partial charge in [-0.1, -0.05) is 12.1 Å². The summed E-state index contributed by atoms with van der Waals surface area (Å²) in [5, 5.41) is 3.38. The van der Waals surface area contributed by atoms with Crippen molar-refractivity contribution in [3.8, 4) is 5.75 Å². The number of benzene rings is 1. The van der Waals surface area contributed by atoms with Crippen molar-refractivity contribution in [3.63, 3.8) is 0 Å². The molecule has 20 heavy (non-hydrogen) atoms. The van der Waals surface area contributed by atoms with Crippen LogP contribution >= 0.6 is 0 Å². The number of hydrogen-bond donors (Lipinski definition) is 1. The van der Waals surface area contributed by atoms with Gasteiger partial charge in [-0.2, -0.15) is 0 Å². The van der Waals surface area contributed by atoms with Gasteiger partial charge in [-0.15, -0.1) is 0 Å². The highest BCUT2D eigenvalue weighted by Crippen LogP contribution is 2.24. The monoisotopic (exact) mass is 273 g/mol. The first-order chi connectivity index (χ1) is 9.81. The Balaban J connectivity index is 1.50. The van der Waals surface area contributed by atoms with Crippen molar-refractivity contribution >= 4 is 5.96 Å². The maximum Gasteiger partial charge on any atom is 0.194 e. The Labute approximate surface area is 120 Å². The minimum absolute atomic E-state index is 0.431. The van der Waals surface area contributed by atoms with Crippen LogP contribution < -0.4 is 10.1 Å². The van der Waals surface area contributed by atoms with Gasteiger partial charge in [-0.05, 0) is 43.4 Å². The topological polar surface area (TPSA) is 36.9 Å². The summed E-state index contributed by atoms with van der Waals surface area (Å²) in [7, 11) is 2.07. The fourth-order valence-corrected chi connectivity index (χ4v) is 2.79. The summed E-state index contributed by atoms with van der Waals surface area (Å²) in [5.41, 5.74) is 1.26. The molecule has 108 valence electrons. The van der Waals surface area contributed by atoms with Crippen molar-refractivity contribution < 1.29 is 4.74 Å². The zero-order chi connectivity index (χ0) is 13.8. The van der Waals surface area contributed by atoms with Crippen LogP contribution in [0.3, 0.4) is 0 Å². The number of ether oxygens (including phenoxy) is 1. The molecule has 1 N–H and O–H groups in total. The second-order valence-corrected chi connectivity index (χ2v) is 5.65. The minimum atomic E-state index is 0.431. The smallest absolute Gasteiger partial charge is 0.194 e. The van der Waals surface area contributed by atoms with E-state index in [1.807, 2.05) is 0 Å². The molecule has 4 heteroatoms. The van der Waals surface area contributed by atoms with Gasteiger partial charge in [-0.3, -0.25) is 4.99 Å². The summed E-state index contributed by atoms with van der Waals surface area (Å²) in [6.45, 7) is 2.72. The summed E-state index contributed by atoms with van der Waals surface area (Å²) in [5.74, 6) is 1.99. The standard InChI is InChI=1S/C16H23N3O/c1-19-11-10-17-16(19)18-12-13-6-8-15(9-7-13)20-14-4-2-3-5-14/h6-9,14H,2-5,10-12H2,1H3,(H,17,18). The van der Waals surface area contributed by atoms with E-state index in [2.05, 4.69) is 46.5 Å². The lowest BCUT2D eigenvalue weighted by atomic mass is 10.2. The average molecular weight is 273 g/mol. The van der Waals surface area contributed by atoms with Crippen LogP contribution in [-0.2, 0) is 6.54 Å². The van der Waals surface area contributed by atoms with Crippen LogP contribution in [0.15, 0.2) is 29.3 Å². The van der Waals surface area contributed by atoms with E-state index < -0.39 is 0 Å². The Morgan fingerprint density at radius 3 is 2.65 bits per heavy atom. The zero-order valence-electron chi connectivity index (χ0n) is 12.1. The highest BCUT2D eigenvalue weighted by Gasteiger charge is 2.16. The summed E-state index contributed by atoms with van der Waals surface area (Å²) in [6.07, 6.45) is 5.45. The largest absolute Gasteiger partial charge is 0.490 e. The van der Waals surface area contributed by atoms with Gasteiger partial charge >= 0.3 is 0 Å². The predicted molar refractivity (Wildman–Crippen MR) is 81.1 cm³/mol. The number of likely N-dealkylation sites (N-methyl/N-ethyl adjacent to an activating group) is 1. The molecule has 1 aromatic rings. The van der Waals surface area contributed by atoms with Gasteiger partial charge in [0.05, 0.1) is 12.6 Å². The molecule has 0 amide bonds. The molecule has 0 spiro atoms. The van der Waals surface area contributed by atoms with Gasteiger partial charge in [0.15, 0.2) is 5.96 Å². The molecule has 1 heterocycles. The van der Waals surface area contributed by atoms with E-state index in [9.17, 15) is 0 Å². The molecule has 3 rings (SSSR count). The van der Waals surface area contributed by atoms with Crippen LogP contribution in [0.1, 0.15) is 31.2 Å². The molecule has 2 aliphatic rings. The van der Waals surface area contributed by atoms with E-state index in [4.69, 9.17) is 4.74 Å². The van der Waals surface area contributed by atoms with E-state index >= 15 is 0 Å². The quantitative estimate of drug-likeness (QED) is 0.915. The van der Waals surface area contributed by atoms with Crippen molar-refractivity contribution in [2.24, 2.45) is 4.99 Å². The molecule has 0 radical (unpaired) electrons. The van der Waals surface area contributed by atoms with Gasteiger partial charge in [0.25, 0.3) is 0 Å². The van der Waals surface area contributed by atoms with Crippen LogP contribution in [0, 0.1) is 0 Å². The Bertz CT molecular complexity index is 463. The fourth-order valence-electron chi connectivity index (χ4n) is 2.79. The lowest BCUT2D eigenvalue weighted by molar-refractivity contribution is 0.210. The van der Waals surface area contributed by atoms with Gasteiger partial charge in [0, 0.05) is 20.1 Å². The Kier molecular flexibility index (Phi) is 4.09. The molecular weight excluding hydrogens is 250 g/mol. The average Bonchev–Trinajstić information content (AvgIpc) is 3.10. The number of rotatable bonds is 4. The third-order valence-corrected chi connectivity index (χ3v) is 4.04. The number of guanidine groups is 1. The Morgan fingerprint density at radius 2 is 2.00 bits per heavy atom. The zero-order valence-corrected chi connectivity index (χ0v) is 12.1. The first-order valence-electron chi connectivity index (χ1n) is 7.56. The summed E-state index contributed by atoms with van der Waals surface area (Å²) in [6, 6.07) is 8.42. The number of nitrogens with one attached hydrogen (secondary N) is 1. The van der Waals surface area contributed by atoms with Crippen molar-refractivity contribution in [1.82, 2.24) is 10.2 Å². The van der Waals surface area contributed by atoms with E-state index in [0.717, 1.165) is 31.3 Å². The molecule has 0 atom stereocenters. The van der Waals surface area contributed by atoms with Gasteiger partial charge in [0.2, 0.25) is 0 Å². The molecular formula is C16H23N3O. The molecule has 1 aliphatic heterocycles. The molecule has 0 unspecified atom stereocenters. The molecule has 1 aromatic carbocycles. The van der Waals surface area contributed by atoms with Crippen LogP contribution in [0.4, 0.5) is 0 Å². The summed E-state index contributed by atoms with van der Waals surface area (Å²) in [4.78, 5) is 6.57. The SMILES string of the molecule is CN1CCN=C1NCc1ccc(OC2CCCC2)cc1. The molecule has 1 aliphatic carbocycles. The fraction of sp³-hybridized carbons (Fsp3) is 0.562. The van der Waals surface area contributed by atoms with E-state index in [1.165, 1.54) is 31.2 Å². The second-order valence-electron chi connectivity index (χ2n) is 5.65. The van der Waals surface area contributed by atoms with E-state index in [0.29, 0.717) is 6.10 Å². The van der Waals surface area contributed by atoms with Crippen LogP contribution in [-0.4, -0.2) is 37.1 Å². The number of hydrogen-bond acceptors (Lipinski definition) is 4. The Morgan fingerprint density at radius 1 is 1.25 bits per heavy atom. The van der Waals surface area contributed by atoms with Crippen LogP contribution in [0.5, 0.6) is 5.75 Å². The van der Waals surface area contributed by atoms with Gasteiger partial charge < -0.3 is 15.0 Å². The number of nitrogens with zero attached hydrogens (tertiary/aromatic N) is 2. The maximum atomic E-state index is 5.97. The van der Waals surface area contributed by atoms with Crippen molar-refractivity contribution in [2.75, 3.05) is 20.1 Å². The maximum absolute atomic E-state index is 5.97. The van der Waals surface area contributed by atoms with E-state index in [1.54, 1.807) is 0 Å². The third kappa shape index (κ3) is 3.24. The highest BCUT2D eigenvalue weighted by molar-refractivity contribution is 5.81. The highest BCUT2D eigenvalue weighted by atomic mass is 16.5. The van der Waals surface area contributed by atoms with Gasteiger partial charge in [0.1, 0.15) is 5.75 Å². The molecule has 1 saturated carbocycles. The van der Waals surface area contributed by atoms with Crippen molar-refractivity contribution in [2.45, 2.75) is 38.3 Å². The first-order valence-corrected chi connectivity index (χ1v) is 7.56. The molecule has 0 saturated heterocycles. The molecule has 0 bridgehead atoms.